The van der Waals surface area contributed by atoms with Crippen LogP contribution in [0.4, 0.5) is 8.78 Å². The smallest absolute Gasteiger partial charge is 0.343 e. The van der Waals surface area contributed by atoms with Crippen molar-refractivity contribution in [2.24, 2.45) is 0 Å². The molecule has 106 valence electrons. The maximum Gasteiger partial charge on any atom is 0.343 e. The van der Waals surface area contributed by atoms with Crippen molar-refractivity contribution in [3.8, 4) is 0 Å². The topological polar surface area (TPSA) is 48.3 Å². The Bertz CT molecular complexity index is 737. The van der Waals surface area contributed by atoms with Gasteiger partial charge in [-0.25, -0.2) is 13.6 Å². The first-order valence-corrected chi connectivity index (χ1v) is 6.18. The lowest BCUT2D eigenvalue weighted by Gasteiger charge is -2.12. The van der Waals surface area contributed by atoms with Gasteiger partial charge in [-0.3, -0.25) is 4.79 Å². The Morgan fingerprint density at radius 2 is 2.00 bits per heavy atom. The number of pyridine rings is 1. The molecule has 0 amide bonds. The fraction of sp³-hybridized carbons (Fsp3) is 0.286. The van der Waals surface area contributed by atoms with Crippen LogP contribution in [0.25, 0.3) is 10.9 Å². The second kappa shape index (κ2) is 5.40. The predicted molar refractivity (Wildman–Crippen MR) is 69.8 cm³/mol. The summed E-state index contributed by atoms with van der Waals surface area (Å²) in [4.78, 5) is 23.9. The lowest BCUT2D eigenvalue weighted by Crippen LogP contribution is -2.21. The largest absolute Gasteiger partial charge is 0.462 e. The number of ether oxygens (including phenoxy) is 1. The van der Waals surface area contributed by atoms with Crippen molar-refractivity contribution in [3.05, 3.63) is 45.8 Å². The van der Waals surface area contributed by atoms with Gasteiger partial charge in [0.1, 0.15) is 11.4 Å². The monoisotopic (exact) mass is 281 g/mol. The maximum atomic E-state index is 13.8. The van der Waals surface area contributed by atoms with Gasteiger partial charge in [0.05, 0.1) is 17.5 Å². The van der Waals surface area contributed by atoms with E-state index in [2.05, 4.69) is 0 Å². The zero-order chi connectivity index (χ0) is 14.9. The third kappa shape index (κ3) is 2.29. The first-order chi connectivity index (χ1) is 9.49. The number of hydrogen-bond donors (Lipinski definition) is 0. The van der Waals surface area contributed by atoms with Crippen LogP contribution in [0.2, 0.25) is 0 Å². The summed E-state index contributed by atoms with van der Waals surface area (Å²) in [7, 11) is 0. The number of rotatable bonds is 3. The van der Waals surface area contributed by atoms with Gasteiger partial charge in [0.15, 0.2) is 5.82 Å². The minimum atomic E-state index is -0.865. The molecule has 1 heterocycles. The lowest BCUT2D eigenvalue weighted by molar-refractivity contribution is 0.0524. The quantitative estimate of drug-likeness (QED) is 0.812. The lowest BCUT2D eigenvalue weighted by atomic mass is 10.1. The number of carbonyl (C=O) groups is 1. The molecule has 0 aliphatic heterocycles. The highest BCUT2D eigenvalue weighted by atomic mass is 19.1. The van der Waals surface area contributed by atoms with Crippen LogP contribution in [0.3, 0.4) is 0 Å². The van der Waals surface area contributed by atoms with E-state index in [4.69, 9.17) is 4.74 Å². The van der Waals surface area contributed by atoms with Gasteiger partial charge in [-0.2, -0.15) is 0 Å². The van der Waals surface area contributed by atoms with Gasteiger partial charge < -0.3 is 9.30 Å². The van der Waals surface area contributed by atoms with Crippen LogP contribution in [0.5, 0.6) is 0 Å². The van der Waals surface area contributed by atoms with Gasteiger partial charge in [0.25, 0.3) is 0 Å². The summed E-state index contributed by atoms with van der Waals surface area (Å²) in [5.41, 5.74) is -0.986. The molecule has 4 nitrogen and oxygen atoms in total. The molecule has 0 atom stereocenters. The molecule has 2 aromatic rings. The van der Waals surface area contributed by atoms with E-state index >= 15 is 0 Å². The third-order valence-corrected chi connectivity index (χ3v) is 2.93. The Morgan fingerprint density at radius 3 is 2.60 bits per heavy atom. The fourth-order valence-corrected chi connectivity index (χ4v) is 2.06. The van der Waals surface area contributed by atoms with Gasteiger partial charge in [-0.15, -0.1) is 0 Å². The summed E-state index contributed by atoms with van der Waals surface area (Å²) >= 11 is 0. The van der Waals surface area contributed by atoms with Crippen LogP contribution in [0.1, 0.15) is 24.2 Å². The van der Waals surface area contributed by atoms with Crippen LogP contribution in [-0.4, -0.2) is 17.1 Å². The Morgan fingerprint density at radius 1 is 1.30 bits per heavy atom. The summed E-state index contributed by atoms with van der Waals surface area (Å²) in [6, 6.07) is 1.63. The number of nitrogens with zero attached hydrogens (tertiary/aromatic N) is 1. The molecule has 0 spiro atoms. The van der Waals surface area contributed by atoms with E-state index < -0.39 is 23.0 Å². The van der Waals surface area contributed by atoms with Crippen LogP contribution >= 0.6 is 0 Å². The van der Waals surface area contributed by atoms with Gasteiger partial charge in [-0.05, 0) is 19.9 Å². The first kappa shape index (κ1) is 14.2. The van der Waals surface area contributed by atoms with E-state index in [-0.39, 0.29) is 23.1 Å². The number of aromatic nitrogens is 1. The molecule has 1 aromatic heterocycles. The van der Waals surface area contributed by atoms with Crippen molar-refractivity contribution in [1.29, 1.82) is 0 Å². The standard InChI is InChI=1S/C14H13F2NO3/c1-3-17-7-10(14(19)20-4-2)13(18)9-5-8(15)6-11(16)12(9)17/h5-7H,3-4H2,1-2H3. The van der Waals surface area contributed by atoms with E-state index in [0.29, 0.717) is 12.6 Å². The number of esters is 1. The van der Waals surface area contributed by atoms with Gasteiger partial charge in [0, 0.05) is 18.8 Å². The zero-order valence-electron chi connectivity index (χ0n) is 11.1. The average Bonchev–Trinajstić information content (AvgIpc) is 2.39. The normalized spacial score (nSPS) is 10.8. The highest BCUT2D eigenvalue weighted by molar-refractivity contribution is 5.93. The number of aryl methyl sites for hydroxylation is 1. The SMILES string of the molecule is CCOC(=O)c1cn(CC)c2c(F)cc(F)cc2c1=O. The van der Waals surface area contributed by atoms with Crippen molar-refractivity contribution in [2.45, 2.75) is 20.4 Å². The number of fused-ring (bicyclic) bond motifs is 1. The second-order valence-electron chi connectivity index (χ2n) is 4.16. The molecule has 0 N–H and O–H groups in total. The zero-order valence-corrected chi connectivity index (χ0v) is 11.1. The Kier molecular flexibility index (Phi) is 3.83. The molecule has 0 saturated carbocycles. The van der Waals surface area contributed by atoms with Crippen molar-refractivity contribution in [3.63, 3.8) is 0 Å². The molecule has 0 aliphatic carbocycles. The molecule has 1 aromatic carbocycles. The van der Waals surface area contributed by atoms with E-state index in [1.54, 1.807) is 13.8 Å². The van der Waals surface area contributed by atoms with Gasteiger partial charge in [-0.1, -0.05) is 0 Å². The highest BCUT2D eigenvalue weighted by Crippen LogP contribution is 2.18. The summed E-state index contributed by atoms with van der Waals surface area (Å²) in [6.45, 7) is 3.77. The van der Waals surface area contributed by atoms with Crippen LogP contribution in [-0.2, 0) is 11.3 Å². The maximum absolute atomic E-state index is 13.8. The molecule has 0 bridgehead atoms. The number of carbonyl (C=O) groups excluding carboxylic acids is 1. The van der Waals surface area contributed by atoms with Crippen molar-refractivity contribution < 1.29 is 18.3 Å². The molecule has 0 radical (unpaired) electrons. The fourth-order valence-electron chi connectivity index (χ4n) is 2.06. The van der Waals surface area contributed by atoms with E-state index in [9.17, 15) is 18.4 Å². The van der Waals surface area contributed by atoms with E-state index in [0.717, 1.165) is 6.07 Å². The highest BCUT2D eigenvalue weighted by Gasteiger charge is 2.18. The van der Waals surface area contributed by atoms with E-state index in [1.165, 1.54) is 10.8 Å². The van der Waals surface area contributed by atoms with Crippen LogP contribution in [0.15, 0.2) is 23.1 Å². The molecule has 0 fully saturated rings. The predicted octanol–water partition coefficient (Wildman–Crippen LogP) is 2.48. The summed E-state index contributed by atoms with van der Waals surface area (Å²) < 4.78 is 33.3. The average molecular weight is 281 g/mol. The van der Waals surface area contributed by atoms with Crippen molar-refractivity contribution in [2.75, 3.05) is 6.61 Å². The first-order valence-electron chi connectivity index (χ1n) is 6.18. The summed E-state index contributed by atoms with van der Waals surface area (Å²) in [6.07, 6.45) is 1.24. The van der Waals surface area contributed by atoms with Gasteiger partial charge in [0.2, 0.25) is 5.43 Å². The van der Waals surface area contributed by atoms with Crippen molar-refractivity contribution in [1.82, 2.24) is 4.57 Å². The Balaban J connectivity index is 2.85. The minimum Gasteiger partial charge on any atom is -0.462 e. The number of benzene rings is 1. The van der Waals surface area contributed by atoms with Crippen molar-refractivity contribution >= 4 is 16.9 Å². The van der Waals surface area contributed by atoms with Gasteiger partial charge >= 0.3 is 5.97 Å². The minimum absolute atomic E-state index is 0.0213. The molecule has 20 heavy (non-hydrogen) atoms. The molecule has 0 unspecified atom stereocenters. The summed E-state index contributed by atoms with van der Waals surface area (Å²) in [5, 5.41) is -0.171. The van der Waals surface area contributed by atoms with E-state index in [1.807, 2.05) is 0 Å². The molecular formula is C14H13F2NO3. The Labute approximate surface area is 113 Å². The number of halogens is 2. The molecule has 0 saturated heterocycles. The third-order valence-electron chi connectivity index (χ3n) is 2.93. The van der Waals surface area contributed by atoms with Crippen LogP contribution < -0.4 is 5.43 Å². The molecule has 6 heteroatoms. The second-order valence-corrected chi connectivity index (χ2v) is 4.16. The Hall–Kier alpha value is -2.24. The summed E-state index contributed by atoms with van der Waals surface area (Å²) in [5.74, 6) is -2.50. The molecular weight excluding hydrogens is 268 g/mol. The molecule has 0 aliphatic rings. The molecule has 2 rings (SSSR count). The van der Waals surface area contributed by atoms with Crippen LogP contribution in [0, 0.1) is 11.6 Å². The number of hydrogen-bond acceptors (Lipinski definition) is 3.